The van der Waals surface area contributed by atoms with E-state index < -0.39 is 11.2 Å². The van der Waals surface area contributed by atoms with Gasteiger partial charge in [0.15, 0.2) is 0 Å². The Bertz CT molecular complexity index is 584. The first-order valence-corrected chi connectivity index (χ1v) is 8.32. The quantitative estimate of drug-likeness (QED) is 0.827. The number of carbonyl (C=O) groups excluding carboxylic acids is 1. The van der Waals surface area contributed by atoms with Gasteiger partial charge in [0.1, 0.15) is 11.2 Å². The summed E-state index contributed by atoms with van der Waals surface area (Å²) in [6, 6.07) is 3.42. The fraction of sp³-hybridized carbons (Fsp3) is 0.625. The van der Waals surface area contributed by atoms with Crippen LogP contribution in [0.15, 0.2) is 22.8 Å². The van der Waals surface area contributed by atoms with E-state index in [0.717, 1.165) is 10.9 Å². The molecule has 1 aliphatic carbocycles. The van der Waals surface area contributed by atoms with Gasteiger partial charge in [-0.25, -0.2) is 4.79 Å². The molecule has 2 aliphatic rings. The van der Waals surface area contributed by atoms with E-state index in [-0.39, 0.29) is 12.1 Å². The second-order valence-electron chi connectivity index (χ2n) is 7.24. The maximum atomic E-state index is 12.4. The Kier molecular flexibility index (Phi) is 3.72. The molecule has 5 nitrogen and oxygen atoms in total. The number of hydrogen-bond acceptors (Lipinski definition) is 4. The molecule has 3 unspecified atom stereocenters. The minimum Gasteiger partial charge on any atom is -0.444 e. The molecule has 2 heterocycles. The Morgan fingerprint density at radius 2 is 2.23 bits per heavy atom. The number of pyridine rings is 1. The largest absolute Gasteiger partial charge is 0.444 e. The van der Waals surface area contributed by atoms with Gasteiger partial charge < -0.3 is 14.7 Å². The summed E-state index contributed by atoms with van der Waals surface area (Å²) in [5, 5.41) is 11.1. The van der Waals surface area contributed by atoms with Crippen molar-refractivity contribution in [1.82, 2.24) is 9.88 Å². The van der Waals surface area contributed by atoms with Crippen LogP contribution in [0.1, 0.15) is 39.3 Å². The summed E-state index contributed by atoms with van der Waals surface area (Å²) < 4.78 is 6.34. The molecule has 6 heteroatoms. The minimum absolute atomic E-state index is 0.263. The highest BCUT2D eigenvalue weighted by Crippen LogP contribution is 2.49. The summed E-state index contributed by atoms with van der Waals surface area (Å²) in [6.45, 7) is 6.20. The number of likely N-dealkylation sites (tertiary alicyclic amines) is 1. The van der Waals surface area contributed by atoms with Gasteiger partial charge in [-0.15, -0.1) is 0 Å². The first-order chi connectivity index (χ1) is 10.2. The Labute approximate surface area is 138 Å². The van der Waals surface area contributed by atoms with Crippen molar-refractivity contribution < 1.29 is 14.6 Å². The standard InChI is InChI=1S/C16H21BrN2O3/c1-15(2,3)22-14(20)19-9-10-6-13(19)16(21,7-10)12-5-4-11(17)8-18-12/h4-5,8,10,13,21H,6-7,9H2,1-3H3. The van der Waals surface area contributed by atoms with Crippen molar-refractivity contribution in [3.8, 4) is 0 Å². The van der Waals surface area contributed by atoms with Crippen LogP contribution in [-0.4, -0.2) is 39.3 Å². The van der Waals surface area contributed by atoms with E-state index >= 15 is 0 Å². The van der Waals surface area contributed by atoms with Crippen molar-refractivity contribution in [3.05, 3.63) is 28.5 Å². The Morgan fingerprint density at radius 3 is 2.77 bits per heavy atom. The number of ether oxygens (including phenoxy) is 1. The summed E-state index contributed by atoms with van der Waals surface area (Å²) in [6.07, 6.45) is 2.77. The summed E-state index contributed by atoms with van der Waals surface area (Å²) >= 11 is 3.35. The zero-order valence-corrected chi connectivity index (χ0v) is 14.6. The van der Waals surface area contributed by atoms with Crippen molar-refractivity contribution in [2.45, 2.75) is 50.9 Å². The molecule has 0 radical (unpaired) electrons. The Hall–Kier alpha value is -1.14. The van der Waals surface area contributed by atoms with Crippen LogP contribution >= 0.6 is 15.9 Å². The smallest absolute Gasteiger partial charge is 0.410 e. The van der Waals surface area contributed by atoms with E-state index in [1.807, 2.05) is 32.9 Å². The van der Waals surface area contributed by atoms with E-state index in [4.69, 9.17) is 4.74 Å². The third kappa shape index (κ3) is 2.74. The van der Waals surface area contributed by atoms with Crippen molar-refractivity contribution in [1.29, 1.82) is 0 Å². The third-order valence-electron chi connectivity index (χ3n) is 4.34. The molecule has 0 aromatic carbocycles. The first-order valence-electron chi connectivity index (χ1n) is 7.53. The maximum Gasteiger partial charge on any atom is 0.410 e. The molecule has 0 spiro atoms. The average Bonchev–Trinajstić information content (AvgIpc) is 2.95. The topological polar surface area (TPSA) is 62.7 Å². The second-order valence-corrected chi connectivity index (χ2v) is 8.16. The van der Waals surface area contributed by atoms with Gasteiger partial charge in [-0.05, 0) is 67.6 Å². The van der Waals surface area contributed by atoms with Crippen molar-refractivity contribution in [2.24, 2.45) is 5.92 Å². The molecule has 3 rings (SSSR count). The zero-order chi connectivity index (χ0) is 16.1. The number of carbonyl (C=O) groups is 1. The molecule has 1 N–H and O–H groups in total. The van der Waals surface area contributed by atoms with Crippen LogP contribution in [0.5, 0.6) is 0 Å². The molecule has 3 atom stereocenters. The van der Waals surface area contributed by atoms with Crippen LogP contribution < -0.4 is 0 Å². The summed E-state index contributed by atoms with van der Waals surface area (Å²) in [5.41, 5.74) is -0.996. The van der Waals surface area contributed by atoms with Gasteiger partial charge in [0.2, 0.25) is 0 Å². The lowest BCUT2D eigenvalue weighted by atomic mass is 9.89. The monoisotopic (exact) mass is 368 g/mol. The van der Waals surface area contributed by atoms with Gasteiger partial charge in [-0.3, -0.25) is 4.98 Å². The van der Waals surface area contributed by atoms with E-state index in [2.05, 4.69) is 20.9 Å². The molecule has 1 aromatic heterocycles. The maximum absolute atomic E-state index is 12.4. The third-order valence-corrected chi connectivity index (χ3v) is 4.81. The number of amides is 1. The van der Waals surface area contributed by atoms with Gasteiger partial charge >= 0.3 is 6.09 Å². The van der Waals surface area contributed by atoms with Crippen LogP contribution in [-0.2, 0) is 10.3 Å². The van der Waals surface area contributed by atoms with Crippen molar-refractivity contribution >= 4 is 22.0 Å². The van der Waals surface area contributed by atoms with Crippen LogP contribution in [0.3, 0.4) is 0 Å². The van der Waals surface area contributed by atoms with Crippen molar-refractivity contribution in [2.75, 3.05) is 6.54 Å². The highest BCUT2D eigenvalue weighted by atomic mass is 79.9. The Balaban J connectivity index is 1.84. The van der Waals surface area contributed by atoms with Gasteiger partial charge in [0, 0.05) is 17.2 Å². The first kappa shape index (κ1) is 15.7. The molecule has 22 heavy (non-hydrogen) atoms. The summed E-state index contributed by atoms with van der Waals surface area (Å²) in [4.78, 5) is 18.4. The van der Waals surface area contributed by atoms with E-state index in [0.29, 0.717) is 24.6 Å². The van der Waals surface area contributed by atoms with E-state index in [1.54, 1.807) is 11.1 Å². The van der Waals surface area contributed by atoms with E-state index in [9.17, 15) is 9.90 Å². The number of halogens is 1. The molecule has 1 saturated heterocycles. The molecule has 2 bridgehead atoms. The van der Waals surface area contributed by atoms with Gasteiger partial charge in [0.05, 0.1) is 11.7 Å². The average molecular weight is 369 g/mol. The highest BCUT2D eigenvalue weighted by molar-refractivity contribution is 9.10. The number of aromatic nitrogens is 1. The summed E-state index contributed by atoms with van der Waals surface area (Å²) in [7, 11) is 0. The van der Waals surface area contributed by atoms with Crippen LogP contribution in [0.4, 0.5) is 4.79 Å². The number of piperidine rings is 1. The number of rotatable bonds is 1. The van der Waals surface area contributed by atoms with E-state index in [1.165, 1.54) is 0 Å². The number of aliphatic hydroxyl groups is 1. The predicted molar refractivity (Wildman–Crippen MR) is 85.3 cm³/mol. The van der Waals surface area contributed by atoms with Crippen LogP contribution in [0, 0.1) is 5.92 Å². The van der Waals surface area contributed by atoms with Gasteiger partial charge in [-0.1, -0.05) is 0 Å². The normalized spacial score (nSPS) is 30.7. The number of nitrogens with zero attached hydrogens (tertiary/aromatic N) is 2. The predicted octanol–water partition coefficient (Wildman–Crippen LogP) is 3.06. The Morgan fingerprint density at radius 1 is 1.50 bits per heavy atom. The molecule has 1 amide bonds. The second kappa shape index (κ2) is 5.20. The molecular weight excluding hydrogens is 348 g/mol. The number of fused-ring (bicyclic) bond motifs is 2. The lowest BCUT2D eigenvalue weighted by Crippen LogP contribution is -2.52. The fourth-order valence-electron chi connectivity index (χ4n) is 3.53. The molecule has 120 valence electrons. The highest BCUT2D eigenvalue weighted by Gasteiger charge is 2.57. The molecule has 1 saturated carbocycles. The number of hydrogen-bond donors (Lipinski definition) is 1. The molecular formula is C16H21BrN2O3. The minimum atomic E-state index is -1.08. The lowest BCUT2D eigenvalue weighted by molar-refractivity contribution is -0.0597. The summed E-state index contributed by atoms with van der Waals surface area (Å²) in [5.74, 6) is 0.299. The van der Waals surface area contributed by atoms with Crippen LogP contribution in [0.2, 0.25) is 0 Å². The zero-order valence-electron chi connectivity index (χ0n) is 13.0. The molecule has 1 aliphatic heterocycles. The fourth-order valence-corrected chi connectivity index (χ4v) is 3.76. The molecule has 2 fully saturated rings. The van der Waals surface area contributed by atoms with Crippen LogP contribution in [0.25, 0.3) is 0 Å². The molecule has 1 aromatic rings. The SMILES string of the molecule is CC(C)(C)OC(=O)N1CC2CC1C(O)(c1ccc(Br)cn1)C2. The lowest BCUT2D eigenvalue weighted by Gasteiger charge is -2.39. The van der Waals surface area contributed by atoms with Gasteiger partial charge in [-0.2, -0.15) is 0 Å². The van der Waals surface area contributed by atoms with Crippen molar-refractivity contribution in [3.63, 3.8) is 0 Å². The van der Waals surface area contributed by atoms with Gasteiger partial charge in [0.25, 0.3) is 0 Å².